The maximum atomic E-state index is 5.32. The van der Waals surface area contributed by atoms with Crippen LogP contribution < -0.4 is 10.1 Å². The van der Waals surface area contributed by atoms with Crippen LogP contribution in [0.4, 0.5) is 11.5 Å². The van der Waals surface area contributed by atoms with E-state index < -0.39 is 0 Å². The van der Waals surface area contributed by atoms with E-state index in [2.05, 4.69) is 53.8 Å². The molecule has 0 spiro atoms. The Kier molecular flexibility index (Phi) is 5.41. The number of nitrogens with zero attached hydrogens (tertiary/aromatic N) is 2. The predicted octanol–water partition coefficient (Wildman–Crippen LogP) is 6.96. The number of benzene rings is 4. The van der Waals surface area contributed by atoms with Crippen LogP contribution in [-0.4, -0.2) is 16.9 Å². The zero-order chi connectivity index (χ0) is 21.8. The molecule has 0 amide bonds. The lowest BCUT2D eigenvalue weighted by Gasteiger charge is -2.13. The lowest BCUT2D eigenvalue weighted by molar-refractivity contribution is 0.415. The molecule has 0 unspecified atom stereocenters. The van der Waals surface area contributed by atoms with E-state index in [1.165, 1.54) is 0 Å². The van der Waals surface area contributed by atoms with E-state index in [-0.39, 0.29) is 0 Å². The number of hydrogen-bond donors (Lipinski definition) is 1. The molecule has 0 aliphatic carbocycles. The Morgan fingerprint density at radius 3 is 1.81 bits per heavy atom. The van der Waals surface area contributed by atoms with Crippen molar-refractivity contribution in [3.05, 3.63) is 115 Å². The summed E-state index contributed by atoms with van der Waals surface area (Å²) in [7, 11) is 1.67. The van der Waals surface area contributed by atoms with Crippen molar-refractivity contribution < 1.29 is 4.74 Å². The third-order valence-corrected chi connectivity index (χ3v) is 5.35. The van der Waals surface area contributed by atoms with E-state index in [4.69, 9.17) is 9.84 Å². The second-order valence-electron chi connectivity index (χ2n) is 7.41. The quantitative estimate of drug-likeness (QED) is 0.325. The second kappa shape index (κ2) is 8.82. The van der Waals surface area contributed by atoms with E-state index in [0.29, 0.717) is 0 Å². The minimum atomic E-state index is 0.820. The first-order chi connectivity index (χ1) is 15.8. The van der Waals surface area contributed by atoms with Crippen molar-refractivity contribution in [3.63, 3.8) is 0 Å². The molecule has 0 fully saturated rings. The van der Waals surface area contributed by atoms with Crippen molar-refractivity contribution in [1.29, 1.82) is 0 Å². The second-order valence-corrected chi connectivity index (χ2v) is 7.41. The van der Waals surface area contributed by atoms with E-state index in [1.807, 2.05) is 71.4 Å². The SMILES string of the molecule is COc1ccc(Nc2c(-c3ccccc3)c(-c3ccccc3)nn2-c2ccccc2)cc1. The molecule has 0 atom stereocenters. The van der Waals surface area contributed by atoms with Crippen LogP contribution in [0.15, 0.2) is 115 Å². The van der Waals surface area contributed by atoms with Gasteiger partial charge in [-0.3, -0.25) is 0 Å². The number of anilines is 2. The van der Waals surface area contributed by atoms with Crippen LogP contribution in [0.1, 0.15) is 0 Å². The number of aromatic nitrogens is 2. The third-order valence-electron chi connectivity index (χ3n) is 5.35. The Balaban J connectivity index is 1.75. The maximum absolute atomic E-state index is 5.32. The maximum Gasteiger partial charge on any atom is 0.142 e. The van der Waals surface area contributed by atoms with Crippen molar-refractivity contribution in [1.82, 2.24) is 9.78 Å². The highest BCUT2D eigenvalue weighted by Gasteiger charge is 2.22. The number of hydrogen-bond acceptors (Lipinski definition) is 3. The molecule has 0 bridgehead atoms. The normalized spacial score (nSPS) is 10.7. The molecule has 1 N–H and O–H groups in total. The molecular formula is C28H23N3O. The summed E-state index contributed by atoms with van der Waals surface area (Å²) in [5, 5.41) is 8.71. The zero-order valence-electron chi connectivity index (χ0n) is 17.8. The van der Waals surface area contributed by atoms with Gasteiger partial charge in [0.1, 0.15) is 17.3 Å². The first-order valence-corrected chi connectivity index (χ1v) is 10.5. The topological polar surface area (TPSA) is 39.1 Å². The first kappa shape index (κ1) is 19.6. The molecule has 0 aliphatic rings. The lowest BCUT2D eigenvalue weighted by Crippen LogP contribution is -2.03. The largest absolute Gasteiger partial charge is 0.497 e. The standard InChI is InChI=1S/C28H23N3O/c1-32-25-19-17-23(18-20-25)29-28-26(21-11-5-2-6-12-21)27(22-13-7-3-8-14-22)30-31(28)24-15-9-4-10-16-24/h2-20,29H,1H3. The van der Waals surface area contributed by atoms with E-state index in [9.17, 15) is 0 Å². The fraction of sp³-hybridized carbons (Fsp3) is 0.0357. The van der Waals surface area contributed by atoms with Crippen LogP contribution in [0.5, 0.6) is 5.75 Å². The number of rotatable bonds is 6. The highest BCUT2D eigenvalue weighted by Crippen LogP contribution is 2.40. The van der Waals surface area contributed by atoms with Crippen LogP contribution in [0.3, 0.4) is 0 Å². The average molecular weight is 418 g/mol. The molecule has 4 nitrogen and oxygen atoms in total. The zero-order valence-corrected chi connectivity index (χ0v) is 17.8. The molecule has 5 aromatic rings. The van der Waals surface area contributed by atoms with Gasteiger partial charge in [-0.25, -0.2) is 4.68 Å². The highest BCUT2D eigenvalue weighted by molar-refractivity contribution is 5.91. The van der Waals surface area contributed by atoms with Crippen molar-refractivity contribution in [2.45, 2.75) is 0 Å². The fourth-order valence-corrected chi connectivity index (χ4v) is 3.78. The van der Waals surface area contributed by atoms with Gasteiger partial charge in [0.2, 0.25) is 0 Å². The average Bonchev–Trinajstić information content (AvgIpc) is 3.25. The molecule has 4 heteroatoms. The van der Waals surface area contributed by atoms with Crippen LogP contribution in [-0.2, 0) is 0 Å². The van der Waals surface area contributed by atoms with Crippen LogP contribution >= 0.6 is 0 Å². The fourth-order valence-electron chi connectivity index (χ4n) is 3.78. The van der Waals surface area contributed by atoms with Gasteiger partial charge in [-0.2, -0.15) is 5.10 Å². The van der Waals surface area contributed by atoms with Crippen molar-refractivity contribution in [2.24, 2.45) is 0 Å². The minimum absolute atomic E-state index is 0.820. The van der Waals surface area contributed by atoms with Crippen LogP contribution in [0.2, 0.25) is 0 Å². The molecule has 0 saturated heterocycles. The van der Waals surface area contributed by atoms with Crippen molar-refractivity contribution >= 4 is 11.5 Å². The summed E-state index contributed by atoms with van der Waals surface area (Å²) in [5.41, 5.74) is 6.10. The van der Waals surface area contributed by atoms with Gasteiger partial charge in [-0.05, 0) is 42.0 Å². The molecule has 0 radical (unpaired) electrons. The van der Waals surface area contributed by atoms with Gasteiger partial charge in [0.15, 0.2) is 0 Å². The summed E-state index contributed by atoms with van der Waals surface area (Å²) in [5.74, 6) is 1.73. The molecule has 32 heavy (non-hydrogen) atoms. The first-order valence-electron chi connectivity index (χ1n) is 10.5. The van der Waals surface area contributed by atoms with Crippen molar-refractivity contribution in [2.75, 3.05) is 12.4 Å². The van der Waals surface area contributed by atoms with Gasteiger partial charge in [0.05, 0.1) is 18.4 Å². The Hall–Kier alpha value is -4.31. The molecule has 1 heterocycles. The summed E-state index contributed by atoms with van der Waals surface area (Å²) >= 11 is 0. The Bertz CT molecular complexity index is 1300. The number of nitrogens with one attached hydrogen (secondary N) is 1. The van der Waals surface area contributed by atoms with E-state index >= 15 is 0 Å². The van der Waals surface area contributed by atoms with Gasteiger partial charge in [-0.15, -0.1) is 0 Å². The summed E-state index contributed by atoms with van der Waals surface area (Å²) in [6.07, 6.45) is 0. The van der Waals surface area contributed by atoms with Gasteiger partial charge >= 0.3 is 0 Å². The van der Waals surface area contributed by atoms with Crippen molar-refractivity contribution in [3.8, 4) is 33.8 Å². The van der Waals surface area contributed by atoms with Gasteiger partial charge in [0.25, 0.3) is 0 Å². The Morgan fingerprint density at radius 2 is 1.22 bits per heavy atom. The summed E-state index contributed by atoms with van der Waals surface area (Å²) in [4.78, 5) is 0. The Labute approximate surface area is 187 Å². The minimum Gasteiger partial charge on any atom is -0.497 e. The number of methoxy groups -OCH3 is 1. The third kappa shape index (κ3) is 3.86. The molecule has 0 saturated carbocycles. The summed E-state index contributed by atoms with van der Waals surface area (Å²) < 4.78 is 7.30. The monoisotopic (exact) mass is 417 g/mol. The van der Waals surface area contributed by atoms with Gasteiger partial charge in [-0.1, -0.05) is 78.9 Å². The number of para-hydroxylation sites is 1. The van der Waals surface area contributed by atoms with E-state index in [1.54, 1.807) is 7.11 Å². The molecule has 1 aromatic heterocycles. The van der Waals surface area contributed by atoms with Crippen LogP contribution in [0.25, 0.3) is 28.1 Å². The van der Waals surface area contributed by atoms with E-state index in [0.717, 1.165) is 45.3 Å². The molecular weight excluding hydrogens is 394 g/mol. The molecule has 4 aromatic carbocycles. The summed E-state index contributed by atoms with van der Waals surface area (Å²) in [6.45, 7) is 0. The lowest BCUT2D eigenvalue weighted by atomic mass is 10.0. The van der Waals surface area contributed by atoms with Crippen LogP contribution in [0, 0.1) is 0 Å². The predicted molar refractivity (Wildman–Crippen MR) is 131 cm³/mol. The molecule has 156 valence electrons. The smallest absolute Gasteiger partial charge is 0.142 e. The Morgan fingerprint density at radius 1 is 0.656 bits per heavy atom. The molecule has 0 aliphatic heterocycles. The van der Waals surface area contributed by atoms with Gasteiger partial charge < -0.3 is 10.1 Å². The molecule has 5 rings (SSSR count). The summed E-state index contributed by atoms with van der Waals surface area (Å²) in [6, 6.07) is 38.8. The highest BCUT2D eigenvalue weighted by atomic mass is 16.5. The van der Waals surface area contributed by atoms with Gasteiger partial charge in [0, 0.05) is 11.3 Å². The number of ether oxygens (including phenoxy) is 1.